The third-order valence-electron chi connectivity index (χ3n) is 4.53. The molecule has 3 heterocycles. The van der Waals surface area contributed by atoms with Crippen molar-refractivity contribution in [1.82, 2.24) is 9.97 Å². The van der Waals surface area contributed by atoms with Gasteiger partial charge in [-0.3, -0.25) is 0 Å². The van der Waals surface area contributed by atoms with Crippen molar-refractivity contribution in [2.45, 2.75) is 5.41 Å². The van der Waals surface area contributed by atoms with Crippen molar-refractivity contribution in [3.05, 3.63) is 40.6 Å². The predicted octanol–water partition coefficient (Wildman–Crippen LogP) is 2.91. The topological polar surface area (TPSA) is 55.3 Å². The Labute approximate surface area is 143 Å². The van der Waals surface area contributed by atoms with Gasteiger partial charge in [0.2, 0.25) is 5.95 Å². The SMILES string of the molecule is CP(C)(=O)c1ccc2c(c1)N(c1ncc(Br)cn1)CC21COC1. The highest BCUT2D eigenvalue weighted by Crippen LogP contribution is 2.48. The van der Waals surface area contributed by atoms with E-state index in [4.69, 9.17) is 4.74 Å². The van der Waals surface area contributed by atoms with Crippen LogP contribution in [0.3, 0.4) is 0 Å². The molecule has 1 spiro atoms. The lowest BCUT2D eigenvalue weighted by atomic mass is 9.81. The standard InChI is InChI=1S/C16H17BrN3O2P/c1-23(2,21)12-3-4-13-14(5-12)20(8-16(13)9-22-10-16)15-18-6-11(17)7-19-15/h3-7H,8-10H2,1-2H3. The van der Waals surface area contributed by atoms with Crippen LogP contribution in [0, 0.1) is 0 Å². The van der Waals surface area contributed by atoms with Crippen LogP contribution in [0.5, 0.6) is 0 Å². The maximum Gasteiger partial charge on any atom is 0.229 e. The van der Waals surface area contributed by atoms with E-state index in [9.17, 15) is 4.57 Å². The first-order chi connectivity index (χ1) is 10.9. The van der Waals surface area contributed by atoms with Crippen LogP contribution >= 0.6 is 23.1 Å². The smallest absolute Gasteiger partial charge is 0.229 e. The Kier molecular flexibility index (Phi) is 3.42. The van der Waals surface area contributed by atoms with Crippen molar-refractivity contribution in [2.24, 2.45) is 0 Å². The molecule has 5 nitrogen and oxygen atoms in total. The van der Waals surface area contributed by atoms with E-state index in [1.165, 1.54) is 5.56 Å². The van der Waals surface area contributed by atoms with Crippen molar-refractivity contribution in [1.29, 1.82) is 0 Å². The van der Waals surface area contributed by atoms with Gasteiger partial charge >= 0.3 is 0 Å². The summed E-state index contributed by atoms with van der Waals surface area (Å²) in [4.78, 5) is 11.0. The first-order valence-electron chi connectivity index (χ1n) is 7.42. The molecule has 0 saturated carbocycles. The third-order valence-corrected chi connectivity index (χ3v) is 6.46. The van der Waals surface area contributed by atoms with Crippen molar-refractivity contribution >= 4 is 40.0 Å². The molecule has 0 aliphatic carbocycles. The molecule has 0 unspecified atom stereocenters. The zero-order chi connectivity index (χ0) is 16.2. The summed E-state index contributed by atoms with van der Waals surface area (Å²) in [7, 11) is -2.31. The average molecular weight is 394 g/mol. The minimum atomic E-state index is -2.31. The van der Waals surface area contributed by atoms with Gasteiger partial charge in [-0.1, -0.05) is 12.1 Å². The zero-order valence-corrected chi connectivity index (χ0v) is 15.5. The molecule has 7 heteroatoms. The summed E-state index contributed by atoms with van der Waals surface area (Å²) in [5, 5.41) is 0.885. The van der Waals surface area contributed by atoms with Gasteiger partial charge in [-0.15, -0.1) is 0 Å². The van der Waals surface area contributed by atoms with Gasteiger partial charge in [-0.05, 0) is 40.9 Å². The van der Waals surface area contributed by atoms with Crippen LogP contribution in [-0.4, -0.2) is 43.1 Å². The number of fused-ring (bicyclic) bond motifs is 2. The first-order valence-corrected chi connectivity index (χ1v) is 10.8. The fraction of sp³-hybridized carbons (Fsp3) is 0.375. The number of anilines is 2. The van der Waals surface area contributed by atoms with Crippen molar-refractivity contribution in [3.63, 3.8) is 0 Å². The van der Waals surface area contributed by atoms with Crippen LogP contribution in [-0.2, 0) is 14.7 Å². The monoisotopic (exact) mass is 393 g/mol. The summed E-state index contributed by atoms with van der Waals surface area (Å²) >= 11 is 3.37. The van der Waals surface area contributed by atoms with Gasteiger partial charge in [0.1, 0.15) is 7.14 Å². The zero-order valence-electron chi connectivity index (χ0n) is 13.0. The Morgan fingerprint density at radius 3 is 2.52 bits per heavy atom. The first kappa shape index (κ1) is 15.3. The predicted molar refractivity (Wildman–Crippen MR) is 94.8 cm³/mol. The molecule has 0 amide bonds. The second-order valence-corrected chi connectivity index (χ2v) is 10.7. The highest BCUT2D eigenvalue weighted by atomic mass is 79.9. The molecule has 2 aromatic rings. The molecule has 2 aliphatic rings. The van der Waals surface area contributed by atoms with Gasteiger partial charge in [-0.2, -0.15) is 0 Å². The molecule has 23 heavy (non-hydrogen) atoms. The summed E-state index contributed by atoms with van der Waals surface area (Å²) in [6.45, 7) is 5.81. The Bertz CT molecular complexity index is 815. The number of hydrogen-bond acceptors (Lipinski definition) is 5. The Balaban J connectivity index is 1.85. The largest absolute Gasteiger partial charge is 0.379 e. The molecule has 120 valence electrons. The maximum absolute atomic E-state index is 12.5. The fourth-order valence-corrected chi connectivity index (χ4v) is 4.29. The summed E-state index contributed by atoms with van der Waals surface area (Å²) < 4.78 is 18.8. The van der Waals surface area contributed by atoms with Crippen molar-refractivity contribution in [3.8, 4) is 0 Å². The van der Waals surface area contributed by atoms with E-state index in [-0.39, 0.29) is 5.41 Å². The van der Waals surface area contributed by atoms with Crippen LogP contribution in [0.4, 0.5) is 11.6 Å². The van der Waals surface area contributed by atoms with Crippen LogP contribution < -0.4 is 10.2 Å². The number of ether oxygens (including phenoxy) is 1. The fourth-order valence-electron chi connectivity index (χ4n) is 3.22. The molecule has 1 saturated heterocycles. The average Bonchev–Trinajstić information content (AvgIpc) is 2.82. The second kappa shape index (κ2) is 5.13. The molecule has 0 radical (unpaired) electrons. The highest BCUT2D eigenvalue weighted by Gasteiger charge is 2.49. The summed E-state index contributed by atoms with van der Waals surface area (Å²) in [5.74, 6) is 0.664. The van der Waals surface area contributed by atoms with Gasteiger partial charge < -0.3 is 14.2 Å². The number of aromatic nitrogens is 2. The highest BCUT2D eigenvalue weighted by molar-refractivity contribution is 9.10. The number of benzene rings is 1. The minimum Gasteiger partial charge on any atom is -0.379 e. The summed E-state index contributed by atoms with van der Waals surface area (Å²) in [6.07, 6.45) is 3.50. The number of halogens is 1. The molecule has 1 fully saturated rings. The van der Waals surface area contributed by atoms with Crippen molar-refractivity contribution < 1.29 is 9.30 Å². The van der Waals surface area contributed by atoms with E-state index < -0.39 is 7.14 Å². The second-order valence-electron chi connectivity index (χ2n) is 6.61. The third kappa shape index (κ3) is 2.44. The Hall–Kier alpha value is -1.23. The maximum atomic E-state index is 12.5. The van der Waals surface area contributed by atoms with Crippen LogP contribution in [0.15, 0.2) is 35.1 Å². The molecule has 4 rings (SSSR count). The van der Waals surface area contributed by atoms with E-state index in [1.54, 1.807) is 25.7 Å². The van der Waals surface area contributed by atoms with Crippen LogP contribution in [0.2, 0.25) is 0 Å². The number of nitrogens with zero attached hydrogens (tertiary/aromatic N) is 3. The minimum absolute atomic E-state index is 0.00969. The quantitative estimate of drug-likeness (QED) is 0.734. The van der Waals surface area contributed by atoms with Gasteiger partial charge in [0.05, 0.1) is 23.1 Å². The lowest BCUT2D eigenvalue weighted by molar-refractivity contribution is -0.0507. The molecule has 0 atom stereocenters. The molecule has 1 aromatic carbocycles. The molecule has 2 aliphatic heterocycles. The van der Waals surface area contributed by atoms with Gasteiger partial charge in [0.15, 0.2) is 0 Å². The Morgan fingerprint density at radius 2 is 1.96 bits per heavy atom. The lowest BCUT2D eigenvalue weighted by Gasteiger charge is -2.38. The van der Waals surface area contributed by atoms with Crippen molar-refractivity contribution in [2.75, 3.05) is 38.0 Å². The van der Waals surface area contributed by atoms with Gasteiger partial charge in [0, 0.05) is 29.9 Å². The van der Waals surface area contributed by atoms with Crippen LogP contribution in [0.1, 0.15) is 5.56 Å². The Morgan fingerprint density at radius 1 is 1.26 bits per heavy atom. The van der Waals surface area contributed by atoms with E-state index >= 15 is 0 Å². The molecule has 0 N–H and O–H groups in total. The number of hydrogen-bond donors (Lipinski definition) is 0. The van der Waals surface area contributed by atoms with Gasteiger partial charge in [-0.25, -0.2) is 9.97 Å². The van der Waals surface area contributed by atoms with E-state index in [0.29, 0.717) is 19.2 Å². The molecular weight excluding hydrogens is 377 g/mol. The summed E-state index contributed by atoms with van der Waals surface area (Å²) in [5.41, 5.74) is 2.31. The molecule has 0 bridgehead atoms. The normalized spacial score (nSPS) is 18.8. The van der Waals surface area contributed by atoms with Gasteiger partial charge in [0.25, 0.3) is 0 Å². The number of rotatable bonds is 2. The lowest BCUT2D eigenvalue weighted by Crippen LogP contribution is -2.49. The van der Waals surface area contributed by atoms with E-state index in [0.717, 1.165) is 22.0 Å². The van der Waals surface area contributed by atoms with E-state index in [2.05, 4.69) is 36.9 Å². The van der Waals surface area contributed by atoms with E-state index in [1.807, 2.05) is 12.1 Å². The van der Waals surface area contributed by atoms with Crippen LogP contribution in [0.25, 0.3) is 0 Å². The summed E-state index contributed by atoms with van der Waals surface area (Å²) in [6, 6.07) is 6.13. The molecular formula is C16H17BrN3O2P. The molecule has 1 aromatic heterocycles.